The second-order valence-electron chi connectivity index (χ2n) is 13.5. The van der Waals surface area contributed by atoms with Crippen molar-refractivity contribution < 1.29 is 9.47 Å². The summed E-state index contributed by atoms with van der Waals surface area (Å²) in [7, 11) is 0. The molecule has 4 nitrogen and oxygen atoms in total. The monoisotopic (exact) mass is 608 g/mol. The first-order valence-corrected chi connectivity index (χ1v) is 16.7. The van der Waals surface area contributed by atoms with Gasteiger partial charge in [-0.2, -0.15) is 0 Å². The summed E-state index contributed by atoms with van der Waals surface area (Å²) in [5, 5.41) is 5.09. The Balaban J connectivity index is 1.24. The zero-order valence-electron chi connectivity index (χ0n) is 25.6. The summed E-state index contributed by atoms with van der Waals surface area (Å²) in [5.41, 5.74) is 15.0. The SMILES string of the molecule is c1ccc2c(c1)Oc1cccc3c1B2c1cccc2c4c(ccc5c6ccc7c8c6n(c54)-c4ccccc4B8c4ccccc4O7)n-3c12. The smallest absolute Gasteiger partial charge is 0.256 e. The maximum atomic E-state index is 6.64. The molecule has 218 valence electrons. The van der Waals surface area contributed by atoms with E-state index in [1.54, 1.807) is 0 Å². The topological polar surface area (TPSA) is 28.3 Å². The highest BCUT2D eigenvalue weighted by atomic mass is 16.5. The van der Waals surface area contributed by atoms with Crippen molar-refractivity contribution in [2.45, 2.75) is 0 Å². The van der Waals surface area contributed by atoms with E-state index in [0.29, 0.717) is 0 Å². The Morgan fingerprint density at radius 1 is 0.375 bits per heavy atom. The van der Waals surface area contributed by atoms with Gasteiger partial charge in [-0.25, -0.2) is 0 Å². The molecule has 13 rings (SSSR count). The molecule has 7 aromatic carbocycles. The molecular weight excluding hydrogens is 586 g/mol. The van der Waals surface area contributed by atoms with Gasteiger partial charge in [-0.05, 0) is 81.3 Å². The summed E-state index contributed by atoms with van der Waals surface area (Å²) in [5.74, 6) is 3.78. The summed E-state index contributed by atoms with van der Waals surface area (Å²) in [4.78, 5) is 0. The Morgan fingerprint density at radius 3 is 1.81 bits per heavy atom. The minimum absolute atomic E-state index is 0.104. The van der Waals surface area contributed by atoms with Crippen LogP contribution in [0.5, 0.6) is 23.0 Å². The molecular formula is C42H22B2N2O2. The third-order valence-electron chi connectivity index (χ3n) is 11.4. The van der Waals surface area contributed by atoms with Crippen molar-refractivity contribution in [1.82, 2.24) is 9.13 Å². The van der Waals surface area contributed by atoms with Crippen molar-refractivity contribution in [1.29, 1.82) is 0 Å². The molecule has 0 radical (unpaired) electrons. The van der Waals surface area contributed by atoms with Crippen LogP contribution >= 0.6 is 0 Å². The Hall–Kier alpha value is -6.13. The van der Waals surface area contributed by atoms with Crippen molar-refractivity contribution in [2.24, 2.45) is 0 Å². The maximum absolute atomic E-state index is 6.64. The highest BCUT2D eigenvalue weighted by Gasteiger charge is 2.42. The van der Waals surface area contributed by atoms with Crippen LogP contribution in [0.4, 0.5) is 0 Å². The quantitative estimate of drug-likeness (QED) is 0.205. The highest BCUT2D eigenvalue weighted by molar-refractivity contribution is 7.00. The fraction of sp³-hybridized carbons (Fsp3) is 0. The number of rotatable bonds is 0. The first-order chi connectivity index (χ1) is 23.8. The van der Waals surface area contributed by atoms with Gasteiger partial charge in [0.05, 0.1) is 16.6 Å². The van der Waals surface area contributed by atoms with E-state index in [1.807, 2.05) is 0 Å². The second-order valence-corrected chi connectivity index (χ2v) is 13.5. The third kappa shape index (κ3) is 2.58. The van der Waals surface area contributed by atoms with Crippen LogP contribution in [0.25, 0.3) is 55.0 Å². The Kier molecular flexibility index (Phi) is 4.04. The summed E-state index contributed by atoms with van der Waals surface area (Å²) < 4.78 is 18.3. The summed E-state index contributed by atoms with van der Waals surface area (Å²) in [6, 6.07) is 48.6. The van der Waals surface area contributed by atoms with Crippen molar-refractivity contribution in [3.63, 3.8) is 0 Å². The number of ether oxygens (including phenoxy) is 2. The molecule has 0 atom stereocenters. The van der Waals surface area contributed by atoms with Gasteiger partial charge in [-0.3, -0.25) is 0 Å². The van der Waals surface area contributed by atoms with Crippen LogP contribution in [0.2, 0.25) is 0 Å². The van der Waals surface area contributed by atoms with Crippen molar-refractivity contribution in [2.75, 3.05) is 0 Å². The normalized spacial score (nSPS) is 14.1. The lowest BCUT2D eigenvalue weighted by atomic mass is 9.34. The van der Waals surface area contributed by atoms with E-state index in [1.165, 1.54) is 87.8 Å². The van der Waals surface area contributed by atoms with E-state index >= 15 is 0 Å². The van der Waals surface area contributed by atoms with E-state index in [4.69, 9.17) is 9.47 Å². The van der Waals surface area contributed by atoms with E-state index < -0.39 is 0 Å². The fourth-order valence-electron chi connectivity index (χ4n) is 9.73. The van der Waals surface area contributed by atoms with Gasteiger partial charge in [0.2, 0.25) is 0 Å². The molecule has 6 heterocycles. The van der Waals surface area contributed by atoms with Gasteiger partial charge in [-0.15, -0.1) is 0 Å². The molecule has 4 aliphatic heterocycles. The zero-order valence-corrected chi connectivity index (χ0v) is 25.6. The highest BCUT2D eigenvalue weighted by Crippen LogP contribution is 2.45. The van der Waals surface area contributed by atoms with Gasteiger partial charge in [0.15, 0.2) is 0 Å². The van der Waals surface area contributed by atoms with Crippen molar-refractivity contribution in [3.8, 4) is 34.4 Å². The first kappa shape index (κ1) is 24.1. The van der Waals surface area contributed by atoms with Gasteiger partial charge in [-0.1, -0.05) is 84.9 Å². The lowest BCUT2D eigenvalue weighted by Crippen LogP contribution is -2.58. The number of para-hydroxylation sites is 4. The molecule has 4 aliphatic rings. The largest absolute Gasteiger partial charge is 0.458 e. The van der Waals surface area contributed by atoms with Crippen molar-refractivity contribution >= 4 is 89.8 Å². The minimum Gasteiger partial charge on any atom is -0.458 e. The molecule has 0 amide bonds. The van der Waals surface area contributed by atoms with E-state index in [9.17, 15) is 0 Å². The zero-order chi connectivity index (χ0) is 30.8. The van der Waals surface area contributed by atoms with Crippen LogP contribution in [0.1, 0.15) is 0 Å². The Bertz CT molecular complexity index is 2990. The van der Waals surface area contributed by atoms with E-state index in [-0.39, 0.29) is 13.4 Å². The van der Waals surface area contributed by atoms with Gasteiger partial charge in [0.25, 0.3) is 13.4 Å². The summed E-state index contributed by atoms with van der Waals surface area (Å²) in [6.07, 6.45) is 0. The number of aromatic nitrogens is 2. The predicted octanol–water partition coefficient (Wildman–Crippen LogP) is 5.75. The molecule has 2 aromatic heterocycles. The second kappa shape index (κ2) is 8.04. The molecule has 0 saturated carbocycles. The Labute approximate surface area is 275 Å². The van der Waals surface area contributed by atoms with E-state index in [0.717, 1.165) is 23.0 Å². The predicted molar refractivity (Wildman–Crippen MR) is 197 cm³/mol. The average Bonchev–Trinajstić information content (AvgIpc) is 3.66. The summed E-state index contributed by atoms with van der Waals surface area (Å²) in [6.45, 7) is 0.215. The minimum atomic E-state index is 0.104. The number of fused-ring (bicyclic) bond motifs is 16. The molecule has 9 aromatic rings. The van der Waals surface area contributed by atoms with Crippen LogP contribution in [0.3, 0.4) is 0 Å². The fourth-order valence-corrected chi connectivity index (χ4v) is 9.73. The lowest BCUT2D eigenvalue weighted by Gasteiger charge is -2.33. The van der Waals surface area contributed by atoms with Gasteiger partial charge in [0.1, 0.15) is 23.0 Å². The van der Waals surface area contributed by atoms with Crippen LogP contribution in [0, 0.1) is 0 Å². The lowest BCUT2D eigenvalue weighted by molar-refractivity contribution is 0.487. The molecule has 0 aliphatic carbocycles. The summed E-state index contributed by atoms with van der Waals surface area (Å²) >= 11 is 0. The van der Waals surface area contributed by atoms with Crippen molar-refractivity contribution in [3.05, 3.63) is 133 Å². The van der Waals surface area contributed by atoms with Crippen LogP contribution in [-0.4, -0.2) is 22.6 Å². The number of nitrogens with zero attached hydrogens (tertiary/aromatic N) is 2. The number of benzene rings is 7. The molecule has 0 unspecified atom stereocenters. The van der Waals surface area contributed by atoms with Crippen LogP contribution < -0.4 is 42.3 Å². The van der Waals surface area contributed by atoms with Crippen LogP contribution in [0.15, 0.2) is 133 Å². The first-order valence-electron chi connectivity index (χ1n) is 16.7. The molecule has 6 heteroatoms. The maximum Gasteiger partial charge on any atom is 0.256 e. The third-order valence-corrected chi connectivity index (χ3v) is 11.4. The molecule has 0 bridgehead atoms. The number of hydrogen-bond donors (Lipinski definition) is 0. The van der Waals surface area contributed by atoms with Crippen LogP contribution in [-0.2, 0) is 0 Å². The molecule has 0 saturated heterocycles. The molecule has 48 heavy (non-hydrogen) atoms. The van der Waals surface area contributed by atoms with Gasteiger partial charge >= 0.3 is 0 Å². The average molecular weight is 608 g/mol. The molecule has 0 N–H and O–H groups in total. The Morgan fingerprint density at radius 2 is 0.979 bits per heavy atom. The van der Waals surface area contributed by atoms with Gasteiger partial charge in [0, 0.05) is 38.4 Å². The number of hydrogen-bond acceptors (Lipinski definition) is 2. The van der Waals surface area contributed by atoms with E-state index in [2.05, 4.69) is 143 Å². The standard InChI is InChI=1S/C42H22B2N2O2/c1-4-14-30-26(10-1)43-27-11-2-5-16-33(27)48-36-22-20-24-23-19-21-31-37(41(23)46(30)42(24)39(36)43)25-9-7-13-29-40(25)45(31)32-15-8-18-35-38(32)44(29)28-12-3-6-17-34(28)47-35/h1-22H. The molecule has 0 spiro atoms. The van der Waals surface area contributed by atoms with Gasteiger partial charge < -0.3 is 18.6 Å². The molecule has 0 fully saturated rings.